The molecule has 7 heteroatoms. The van der Waals surface area contributed by atoms with E-state index in [0.29, 0.717) is 30.6 Å². The van der Waals surface area contributed by atoms with Gasteiger partial charge in [0.2, 0.25) is 10.0 Å². The van der Waals surface area contributed by atoms with Crippen molar-refractivity contribution < 1.29 is 17.6 Å². The lowest BCUT2D eigenvalue weighted by Gasteiger charge is -2.31. The molecule has 0 bridgehead atoms. The Morgan fingerprint density at radius 2 is 1.66 bits per heavy atom. The molecule has 3 aromatic carbocycles. The molecule has 1 aliphatic rings. The Morgan fingerprint density at radius 1 is 1.00 bits per heavy atom. The van der Waals surface area contributed by atoms with Gasteiger partial charge >= 0.3 is 0 Å². The highest BCUT2D eigenvalue weighted by Crippen LogP contribution is 2.27. The highest BCUT2D eigenvalue weighted by molar-refractivity contribution is 7.89. The van der Waals surface area contributed by atoms with E-state index in [1.54, 1.807) is 12.1 Å². The van der Waals surface area contributed by atoms with Crippen LogP contribution in [0.25, 0.3) is 0 Å². The number of halogens is 1. The van der Waals surface area contributed by atoms with Crippen LogP contribution in [0.1, 0.15) is 54.1 Å². The largest absolute Gasteiger partial charge is 0.322 e. The monoisotopic (exact) mass is 494 g/mol. The van der Waals surface area contributed by atoms with Crippen molar-refractivity contribution in [1.82, 2.24) is 4.31 Å². The van der Waals surface area contributed by atoms with Crippen LogP contribution >= 0.6 is 0 Å². The smallest absolute Gasteiger partial charge is 0.258 e. The molecule has 0 aromatic heterocycles. The fourth-order valence-electron chi connectivity index (χ4n) is 4.44. The van der Waals surface area contributed by atoms with Gasteiger partial charge in [0.1, 0.15) is 5.82 Å². The van der Waals surface area contributed by atoms with E-state index in [1.807, 2.05) is 30.3 Å². The van der Waals surface area contributed by atoms with E-state index in [-0.39, 0.29) is 10.5 Å². The second-order valence-corrected chi connectivity index (χ2v) is 11.3. The molecule has 0 radical (unpaired) electrons. The van der Waals surface area contributed by atoms with E-state index < -0.39 is 21.7 Å². The molecule has 1 aliphatic heterocycles. The predicted molar refractivity (Wildman–Crippen MR) is 137 cm³/mol. The molecule has 184 valence electrons. The van der Waals surface area contributed by atoms with Gasteiger partial charge in [0, 0.05) is 18.8 Å². The Balaban J connectivity index is 1.44. The Morgan fingerprint density at radius 3 is 2.29 bits per heavy atom. The summed E-state index contributed by atoms with van der Waals surface area (Å²) in [6.07, 6.45) is 2.44. The van der Waals surface area contributed by atoms with E-state index in [9.17, 15) is 17.6 Å². The van der Waals surface area contributed by atoms with Crippen molar-refractivity contribution in [3.05, 3.63) is 95.3 Å². The van der Waals surface area contributed by atoms with Gasteiger partial charge < -0.3 is 5.32 Å². The minimum absolute atomic E-state index is 0.0688. The van der Waals surface area contributed by atoms with Crippen LogP contribution in [-0.4, -0.2) is 31.7 Å². The zero-order chi connectivity index (χ0) is 25.0. The number of hydrogen-bond donors (Lipinski definition) is 1. The maximum Gasteiger partial charge on any atom is 0.258 e. The number of nitrogens with one attached hydrogen (secondary N) is 1. The Hall–Kier alpha value is -3.03. The van der Waals surface area contributed by atoms with Crippen LogP contribution < -0.4 is 5.32 Å². The standard InChI is InChI=1S/C28H31FN2O3S/c1-20(2)23-8-10-24(11-9-23)30-28(32)26-19-25(12-13-27(26)29)35(33,34)31-16-14-22(15-17-31)18-21-6-4-3-5-7-21/h3-13,19-20,22H,14-18H2,1-2H3,(H,30,32). The van der Waals surface area contributed by atoms with Gasteiger partial charge in [0.25, 0.3) is 5.91 Å². The van der Waals surface area contributed by atoms with E-state index >= 15 is 0 Å². The van der Waals surface area contributed by atoms with Crippen molar-refractivity contribution in [2.75, 3.05) is 18.4 Å². The number of sulfonamides is 1. The van der Waals surface area contributed by atoms with Gasteiger partial charge in [-0.2, -0.15) is 4.31 Å². The summed E-state index contributed by atoms with van der Waals surface area (Å²) in [6.45, 7) is 4.95. The molecular weight excluding hydrogens is 463 g/mol. The summed E-state index contributed by atoms with van der Waals surface area (Å²) >= 11 is 0. The van der Waals surface area contributed by atoms with E-state index in [1.165, 1.54) is 15.9 Å². The van der Waals surface area contributed by atoms with Crippen molar-refractivity contribution >= 4 is 21.6 Å². The maximum absolute atomic E-state index is 14.5. The molecule has 3 aromatic rings. The minimum Gasteiger partial charge on any atom is -0.322 e. The molecule has 1 amide bonds. The van der Waals surface area contributed by atoms with Crippen molar-refractivity contribution in [3.63, 3.8) is 0 Å². The summed E-state index contributed by atoms with van der Waals surface area (Å²) in [5, 5.41) is 2.66. The van der Waals surface area contributed by atoms with Crippen molar-refractivity contribution in [1.29, 1.82) is 0 Å². The number of carbonyl (C=O) groups is 1. The van der Waals surface area contributed by atoms with Gasteiger partial charge in [-0.25, -0.2) is 12.8 Å². The average Bonchev–Trinajstić information content (AvgIpc) is 2.85. The number of benzene rings is 3. The summed E-state index contributed by atoms with van der Waals surface area (Å²) in [5.41, 5.74) is 2.60. The zero-order valence-electron chi connectivity index (χ0n) is 20.1. The molecule has 4 rings (SSSR count). The summed E-state index contributed by atoms with van der Waals surface area (Å²) in [6, 6.07) is 20.9. The number of rotatable bonds is 7. The molecule has 1 saturated heterocycles. The first-order chi connectivity index (χ1) is 16.7. The van der Waals surface area contributed by atoms with Crippen LogP contribution in [0, 0.1) is 11.7 Å². The summed E-state index contributed by atoms with van der Waals surface area (Å²) < 4.78 is 42.5. The molecule has 1 fully saturated rings. The first-order valence-electron chi connectivity index (χ1n) is 12.0. The van der Waals surface area contributed by atoms with Crippen LogP contribution in [-0.2, 0) is 16.4 Å². The Labute approximate surface area is 207 Å². The molecule has 0 saturated carbocycles. The third-order valence-corrected chi connectivity index (χ3v) is 8.49. The number of amides is 1. The normalized spacial score (nSPS) is 15.3. The maximum atomic E-state index is 14.5. The molecule has 0 atom stereocenters. The lowest BCUT2D eigenvalue weighted by atomic mass is 9.91. The van der Waals surface area contributed by atoms with Gasteiger partial charge in [-0.05, 0) is 72.6 Å². The Kier molecular flexibility index (Phi) is 7.67. The summed E-state index contributed by atoms with van der Waals surface area (Å²) in [4.78, 5) is 12.7. The first-order valence-corrected chi connectivity index (χ1v) is 13.4. The van der Waals surface area contributed by atoms with E-state index in [4.69, 9.17) is 0 Å². The topological polar surface area (TPSA) is 66.5 Å². The van der Waals surface area contributed by atoms with Crippen LogP contribution in [0.4, 0.5) is 10.1 Å². The van der Waals surface area contributed by atoms with Crippen molar-refractivity contribution in [2.24, 2.45) is 5.92 Å². The fraction of sp³-hybridized carbons (Fsp3) is 0.321. The molecule has 1 N–H and O–H groups in total. The lowest BCUT2D eigenvalue weighted by Crippen LogP contribution is -2.39. The van der Waals surface area contributed by atoms with Crippen molar-refractivity contribution in [3.8, 4) is 0 Å². The first kappa shape index (κ1) is 25.1. The van der Waals surface area contributed by atoms with Crippen LogP contribution in [0.5, 0.6) is 0 Å². The van der Waals surface area contributed by atoms with E-state index in [0.717, 1.165) is 37.0 Å². The van der Waals surface area contributed by atoms with Crippen molar-refractivity contribution in [2.45, 2.75) is 43.9 Å². The van der Waals surface area contributed by atoms with Gasteiger partial charge in [0.05, 0.1) is 10.5 Å². The molecule has 0 spiro atoms. The molecule has 5 nitrogen and oxygen atoms in total. The number of anilines is 1. The number of carbonyl (C=O) groups excluding carboxylic acids is 1. The second-order valence-electron chi connectivity index (χ2n) is 9.41. The molecule has 0 aliphatic carbocycles. The SMILES string of the molecule is CC(C)c1ccc(NC(=O)c2cc(S(=O)(=O)N3CCC(Cc4ccccc4)CC3)ccc2F)cc1. The van der Waals surface area contributed by atoms with Crippen LogP contribution in [0.15, 0.2) is 77.7 Å². The second kappa shape index (κ2) is 10.7. The quantitative estimate of drug-likeness (QED) is 0.448. The third kappa shape index (κ3) is 5.97. The molecule has 35 heavy (non-hydrogen) atoms. The summed E-state index contributed by atoms with van der Waals surface area (Å²) in [7, 11) is -3.83. The number of nitrogens with zero attached hydrogens (tertiary/aromatic N) is 1. The van der Waals surface area contributed by atoms with Gasteiger partial charge in [-0.1, -0.05) is 56.3 Å². The Bertz CT molecular complexity index is 1270. The van der Waals surface area contributed by atoms with Crippen LogP contribution in [0.2, 0.25) is 0 Å². The van der Waals surface area contributed by atoms with Gasteiger partial charge in [-0.15, -0.1) is 0 Å². The lowest BCUT2D eigenvalue weighted by molar-refractivity contribution is 0.102. The molecule has 1 heterocycles. The highest BCUT2D eigenvalue weighted by atomic mass is 32.2. The molecule has 0 unspecified atom stereocenters. The fourth-order valence-corrected chi connectivity index (χ4v) is 5.94. The molecular formula is C28H31FN2O3S. The van der Waals surface area contributed by atoms with Gasteiger partial charge in [-0.3, -0.25) is 4.79 Å². The van der Waals surface area contributed by atoms with E-state index in [2.05, 4.69) is 31.3 Å². The predicted octanol–water partition coefficient (Wildman–Crippen LogP) is 5.84. The number of piperidine rings is 1. The number of hydrogen-bond acceptors (Lipinski definition) is 3. The summed E-state index contributed by atoms with van der Waals surface area (Å²) in [5.74, 6) is -0.678. The van der Waals surface area contributed by atoms with Crippen LogP contribution in [0.3, 0.4) is 0 Å². The highest BCUT2D eigenvalue weighted by Gasteiger charge is 2.30. The minimum atomic E-state index is -3.83. The third-order valence-electron chi connectivity index (χ3n) is 6.60. The zero-order valence-corrected chi connectivity index (χ0v) is 20.9. The van der Waals surface area contributed by atoms with Gasteiger partial charge in [0.15, 0.2) is 0 Å². The average molecular weight is 495 g/mol.